The van der Waals surface area contributed by atoms with Crippen LogP contribution in [0, 0.1) is 0 Å². The van der Waals surface area contributed by atoms with Crippen LogP contribution in [0.15, 0.2) is 54.6 Å². The third-order valence-corrected chi connectivity index (χ3v) is 10.1. The first-order valence-electron chi connectivity index (χ1n) is 15.9. The van der Waals surface area contributed by atoms with E-state index >= 15 is 0 Å². The maximum Gasteiger partial charge on any atom is 0.337 e. The number of rotatable bonds is 6. The van der Waals surface area contributed by atoms with Crippen molar-refractivity contribution >= 4 is 17.9 Å². The van der Waals surface area contributed by atoms with Gasteiger partial charge in [-0.1, -0.05) is 49.6 Å². The van der Waals surface area contributed by atoms with Crippen molar-refractivity contribution < 1.29 is 19.1 Å². The Morgan fingerprint density at radius 2 is 1.33 bits per heavy atom. The van der Waals surface area contributed by atoms with Gasteiger partial charge in [-0.15, -0.1) is 0 Å². The first-order chi connectivity index (χ1) is 20.5. The van der Waals surface area contributed by atoms with Gasteiger partial charge in [-0.25, -0.2) is 9.59 Å². The number of carbonyl (C=O) groups excluding carboxylic acids is 3. The van der Waals surface area contributed by atoms with Crippen molar-refractivity contribution in [2.45, 2.75) is 82.0 Å². The Balaban J connectivity index is 1.04. The lowest BCUT2D eigenvalue weighted by molar-refractivity contribution is 0.0488. The number of hydrogen-bond donors (Lipinski definition) is 0. The van der Waals surface area contributed by atoms with E-state index in [1.165, 1.54) is 31.9 Å². The van der Waals surface area contributed by atoms with Crippen LogP contribution in [0.5, 0.6) is 0 Å². The van der Waals surface area contributed by atoms with E-state index in [1.54, 1.807) is 24.3 Å². The Hall–Kier alpha value is -3.39. The Labute approximate surface area is 249 Å². The summed E-state index contributed by atoms with van der Waals surface area (Å²) in [6, 6.07) is 18.9. The van der Waals surface area contributed by atoms with Crippen LogP contribution in [-0.2, 0) is 4.74 Å². The number of urea groups is 1. The number of hydrogen-bond acceptors (Lipinski definition) is 5. The van der Waals surface area contributed by atoms with Gasteiger partial charge in [-0.2, -0.15) is 0 Å². The second-order valence-corrected chi connectivity index (χ2v) is 12.4. The molecule has 0 spiro atoms. The van der Waals surface area contributed by atoms with Crippen molar-refractivity contribution in [3.8, 4) is 0 Å². The molecule has 4 fully saturated rings. The monoisotopic (exact) mass is 572 g/mol. The summed E-state index contributed by atoms with van der Waals surface area (Å²) in [5, 5.41) is 0. The molecule has 2 aromatic rings. The minimum Gasteiger partial charge on any atom is -0.465 e. The lowest BCUT2D eigenvalue weighted by Gasteiger charge is -2.44. The number of esters is 1. The number of benzene rings is 2. The van der Waals surface area contributed by atoms with Gasteiger partial charge in [0.25, 0.3) is 5.91 Å². The fourth-order valence-electron chi connectivity index (χ4n) is 7.70. The standard InChI is InChI=1S/C34H44N4O4/c1-42-33(40)27-14-12-26(13-15-27)32(39)36-22-16-28(17-23-36)35-20-18-30(19-21-35)38-31(25-8-4-2-5-9-25)24-37(34(38)41)29-10-6-3-7-11-29/h2,4-5,8-9,12-15,28-31H,3,6-7,10-11,16-24H2,1H3/t31-/m0/s1. The topological polar surface area (TPSA) is 73.4 Å². The Kier molecular flexibility index (Phi) is 8.79. The van der Waals surface area contributed by atoms with Crippen molar-refractivity contribution in [2.24, 2.45) is 0 Å². The van der Waals surface area contributed by atoms with Gasteiger partial charge in [0.05, 0.1) is 18.7 Å². The highest BCUT2D eigenvalue weighted by atomic mass is 16.5. The van der Waals surface area contributed by atoms with Crippen LogP contribution in [0.3, 0.4) is 0 Å². The molecule has 3 saturated heterocycles. The van der Waals surface area contributed by atoms with Gasteiger partial charge >= 0.3 is 12.0 Å². The van der Waals surface area contributed by atoms with Gasteiger partial charge in [-0.3, -0.25) is 4.79 Å². The first kappa shape index (κ1) is 28.7. The molecule has 8 heteroatoms. The van der Waals surface area contributed by atoms with Crippen LogP contribution in [0.2, 0.25) is 0 Å². The zero-order valence-corrected chi connectivity index (χ0v) is 24.8. The van der Waals surface area contributed by atoms with E-state index in [0.29, 0.717) is 23.2 Å². The summed E-state index contributed by atoms with van der Waals surface area (Å²) in [6.07, 6.45) is 9.95. The third kappa shape index (κ3) is 5.91. The second-order valence-electron chi connectivity index (χ2n) is 12.4. The van der Waals surface area contributed by atoms with E-state index in [4.69, 9.17) is 4.74 Å². The lowest BCUT2D eigenvalue weighted by atomic mass is 9.94. The molecule has 1 aliphatic carbocycles. The highest BCUT2D eigenvalue weighted by molar-refractivity contribution is 5.96. The minimum absolute atomic E-state index is 0.0191. The fraction of sp³-hybridized carbons (Fsp3) is 0.559. The summed E-state index contributed by atoms with van der Waals surface area (Å²) in [6.45, 7) is 4.27. The lowest BCUT2D eigenvalue weighted by Crippen LogP contribution is -2.52. The Morgan fingerprint density at radius 1 is 0.714 bits per heavy atom. The van der Waals surface area contributed by atoms with Gasteiger partial charge in [0.1, 0.15) is 0 Å². The van der Waals surface area contributed by atoms with Crippen molar-refractivity contribution in [2.75, 3.05) is 39.8 Å². The largest absolute Gasteiger partial charge is 0.465 e. The van der Waals surface area contributed by atoms with Crippen molar-refractivity contribution in [3.63, 3.8) is 0 Å². The average molecular weight is 573 g/mol. The fourth-order valence-corrected chi connectivity index (χ4v) is 7.70. The first-order valence-corrected chi connectivity index (χ1v) is 15.9. The normalized spacial score (nSPS) is 23.4. The van der Waals surface area contributed by atoms with Crippen LogP contribution in [-0.4, -0.2) is 95.5 Å². The van der Waals surface area contributed by atoms with Crippen LogP contribution in [0.1, 0.15) is 90.1 Å². The molecule has 0 aromatic heterocycles. The quantitative estimate of drug-likeness (QED) is 0.436. The van der Waals surface area contributed by atoms with E-state index in [1.807, 2.05) is 4.90 Å². The number of piperidine rings is 2. The predicted octanol–water partition coefficient (Wildman–Crippen LogP) is 5.35. The van der Waals surface area contributed by atoms with Crippen LogP contribution in [0.4, 0.5) is 4.79 Å². The zero-order chi connectivity index (χ0) is 29.1. The molecule has 3 heterocycles. The van der Waals surface area contributed by atoms with E-state index in [0.717, 1.165) is 71.2 Å². The number of likely N-dealkylation sites (tertiary alicyclic amines) is 2. The van der Waals surface area contributed by atoms with Crippen molar-refractivity contribution in [3.05, 3.63) is 71.3 Å². The highest BCUT2D eigenvalue weighted by Crippen LogP contribution is 2.38. The molecular weight excluding hydrogens is 528 g/mol. The summed E-state index contributed by atoms with van der Waals surface area (Å²) in [5.41, 5.74) is 2.31. The minimum atomic E-state index is -0.398. The summed E-state index contributed by atoms with van der Waals surface area (Å²) < 4.78 is 4.76. The van der Waals surface area contributed by atoms with E-state index in [2.05, 4.69) is 45.0 Å². The smallest absolute Gasteiger partial charge is 0.337 e. The molecule has 0 bridgehead atoms. The summed E-state index contributed by atoms with van der Waals surface area (Å²) in [7, 11) is 1.35. The molecular formula is C34H44N4O4. The molecule has 224 valence electrons. The highest BCUT2D eigenvalue weighted by Gasteiger charge is 2.45. The third-order valence-electron chi connectivity index (χ3n) is 10.1. The van der Waals surface area contributed by atoms with Crippen LogP contribution in [0.25, 0.3) is 0 Å². The molecule has 8 nitrogen and oxygen atoms in total. The molecule has 0 N–H and O–H groups in total. The average Bonchev–Trinajstić information content (AvgIpc) is 3.42. The number of amides is 3. The molecule has 2 aromatic carbocycles. The molecule has 3 aliphatic heterocycles. The number of carbonyl (C=O) groups is 3. The summed E-state index contributed by atoms with van der Waals surface area (Å²) in [4.78, 5) is 47.7. The van der Waals surface area contributed by atoms with E-state index < -0.39 is 5.97 Å². The van der Waals surface area contributed by atoms with Crippen molar-refractivity contribution in [1.82, 2.24) is 19.6 Å². The molecule has 1 atom stereocenters. The van der Waals surface area contributed by atoms with Gasteiger partial charge < -0.3 is 24.3 Å². The molecule has 4 aliphatic rings. The number of nitrogens with zero attached hydrogens (tertiary/aromatic N) is 4. The molecule has 0 unspecified atom stereocenters. The van der Waals surface area contributed by atoms with Gasteiger partial charge in [0, 0.05) is 56.4 Å². The van der Waals surface area contributed by atoms with Gasteiger partial charge in [0.2, 0.25) is 0 Å². The van der Waals surface area contributed by atoms with E-state index in [-0.39, 0.29) is 24.0 Å². The Bertz CT molecular complexity index is 1230. The maximum atomic E-state index is 13.9. The number of ether oxygens (including phenoxy) is 1. The van der Waals surface area contributed by atoms with Gasteiger partial charge in [-0.05, 0) is 68.4 Å². The molecule has 3 amide bonds. The van der Waals surface area contributed by atoms with Gasteiger partial charge in [0.15, 0.2) is 0 Å². The second kappa shape index (κ2) is 12.9. The van der Waals surface area contributed by atoms with E-state index in [9.17, 15) is 14.4 Å². The molecule has 1 saturated carbocycles. The SMILES string of the molecule is COC(=O)c1ccc(C(=O)N2CCC(N3CCC(N4C(=O)N(C5CCCCC5)C[C@H]4c4ccccc4)CC3)CC2)cc1. The summed E-state index contributed by atoms with van der Waals surface area (Å²) in [5.74, 6) is -0.379. The maximum absolute atomic E-state index is 13.9. The van der Waals surface area contributed by atoms with Crippen LogP contribution < -0.4 is 0 Å². The molecule has 0 radical (unpaired) electrons. The summed E-state index contributed by atoms with van der Waals surface area (Å²) >= 11 is 0. The number of methoxy groups -OCH3 is 1. The molecule has 42 heavy (non-hydrogen) atoms. The van der Waals surface area contributed by atoms with Crippen molar-refractivity contribution in [1.29, 1.82) is 0 Å². The predicted molar refractivity (Wildman–Crippen MR) is 161 cm³/mol. The van der Waals surface area contributed by atoms with Crippen LogP contribution >= 0.6 is 0 Å². The molecule has 6 rings (SSSR count). The Morgan fingerprint density at radius 3 is 1.98 bits per heavy atom. The zero-order valence-electron chi connectivity index (χ0n) is 24.8.